The van der Waals surface area contributed by atoms with Crippen LogP contribution in [0.5, 0.6) is 0 Å². The van der Waals surface area contributed by atoms with Gasteiger partial charge in [0.25, 0.3) is 0 Å². The molecule has 0 aromatic heterocycles. The third-order valence-electron chi connectivity index (χ3n) is 6.47. The van der Waals surface area contributed by atoms with Gasteiger partial charge in [0.1, 0.15) is 0 Å². The van der Waals surface area contributed by atoms with Crippen molar-refractivity contribution in [2.24, 2.45) is 11.8 Å². The minimum atomic E-state index is -0.669. The number of carbonyl (C=O) groups is 1. The van der Waals surface area contributed by atoms with Crippen molar-refractivity contribution in [2.75, 3.05) is 27.4 Å². The van der Waals surface area contributed by atoms with Crippen molar-refractivity contribution in [3.63, 3.8) is 0 Å². The highest BCUT2D eigenvalue weighted by atomic mass is 16.7. The fourth-order valence-electron chi connectivity index (χ4n) is 4.42. The van der Waals surface area contributed by atoms with Gasteiger partial charge >= 0.3 is 5.97 Å². The Bertz CT molecular complexity index is 490. The van der Waals surface area contributed by atoms with Gasteiger partial charge in [0.05, 0.1) is 25.9 Å². The lowest BCUT2D eigenvalue weighted by molar-refractivity contribution is -0.227. The topological polar surface area (TPSA) is 83.5 Å². The molecule has 0 bridgehead atoms. The lowest BCUT2D eigenvalue weighted by Gasteiger charge is -2.32. The van der Waals surface area contributed by atoms with E-state index in [9.17, 15) is 9.90 Å². The van der Waals surface area contributed by atoms with Crippen molar-refractivity contribution in [1.29, 1.82) is 0 Å². The van der Waals surface area contributed by atoms with E-state index >= 15 is 0 Å². The molecule has 0 radical (unpaired) electrons. The number of carbonyl (C=O) groups excluding carboxylic acids is 1. The number of unbranched alkanes of at least 4 members (excludes halogenated alkanes) is 3. The van der Waals surface area contributed by atoms with E-state index in [1.807, 2.05) is 13.8 Å². The molecule has 7 heteroatoms. The summed E-state index contributed by atoms with van der Waals surface area (Å²) in [6.07, 6.45) is 8.38. The Balaban J connectivity index is 1.87. The van der Waals surface area contributed by atoms with Crippen molar-refractivity contribution in [3.05, 3.63) is 0 Å². The molecule has 1 saturated heterocycles. The Hall–Kier alpha value is -0.730. The second-order valence-corrected chi connectivity index (χ2v) is 9.05. The van der Waals surface area contributed by atoms with Gasteiger partial charge in [-0.25, -0.2) is 0 Å². The van der Waals surface area contributed by atoms with Gasteiger partial charge in [-0.05, 0) is 51.9 Å². The Morgan fingerprint density at radius 3 is 2.53 bits per heavy atom. The number of esters is 1. The Morgan fingerprint density at radius 2 is 1.87 bits per heavy atom. The molecular formula is C23H42O7. The summed E-state index contributed by atoms with van der Waals surface area (Å²) in [6.45, 7) is 5.03. The van der Waals surface area contributed by atoms with Crippen LogP contribution in [0, 0.1) is 11.8 Å². The number of aliphatic hydroxyl groups excluding tert-OH is 1. The van der Waals surface area contributed by atoms with Gasteiger partial charge in [0.2, 0.25) is 0 Å². The molecular weight excluding hydrogens is 388 g/mol. The lowest BCUT2D eigenvalue weighted by atomic mass is 9.89. The molecule has 176 valence electrons. The number of ether oxygens (including phenoxy) is 5. The molecule has 2 rings (SSSR count). The van der Waals surface area contributed by atoms with Crippen LogP contribution in [0.3, 0.4) is 0 Å². The average Bonchev–Trinajstić information content (AvgIpc) is 3.03. The molecule has 1 saturated carbocycles. The van der Waals surface area contributed by atoms with Crippen LogP contribution in [-0.4, -0.2) is 62.8 Å². The molecule has 2 aliphatic rings. The van der Waals surface area contributed by atoms with E-state index in [1.165, 1.54) is 7.11 Å². The van der Waals surface area contributed by atoms with Gasteiger partial charge in [-0.2, -0.15) is 0 Å². The van der Waals surface area contributed by atoms with Gasteiger partial charge < -0.3 is 28.8 Å². The summed E-state index contributed by atoms with van der Waals surface area (Å²) in [6, 6.07) is 0. The van der Waals surface area contributed by atoms with Crippen LogP contribution in [0.1, 0.15) is 78.1 Å². The van der Waals surface area contributed by atoms with E-state index in [0.717, 1.165) is 58.0 Å². The predicted molar refractivity (Wildman–Crippen MR) is 113 cm³/mol. The third kappa shape index (κ3) is 8.42. The molecule has 0 spiro atoms. The van der Waals surface area contributed by atoms with Crippen LogP contribution in [0.15, 0.2) is 0 Å². The number of aliphatic hydroxyl groups is 1. The van der Waals surface area contributed by atoms with Gasteiger partial charge in [-0.3, -0.25) is 4.79 Å². The second kappa shape index (κ2) is 13.0. The highest BCUT2D eigenvalue weighted by Gasteiger charge is 2.44. The largest absolute Gasteiger partial charge is 0.469 e. The SMILES string of the molecule is COC(=O)CCCCCCC1C(O)CC(OC2CCCCO2)C1COC(C)(C)OC. The monoisotopic (exact) mass is 430 g/mol. The molecule has 1 N–H and O–H groups in total. The average molecular weight is 431 g/mol. The van der Waals surface area contributed by atoms with Crippen molar-refractivity contribution >= 4 is 5.97 Å². The van der Waals surface area contributed by atoms with Crippen LogP contribution in [0.2, 0.25) is 0 Å². The van der Waals surface area contributed by atoms with Crippen LogP contribution >= 0.6 is 0 Å². The van der Waals surface area contributed by atoms with Gasteiger partial charge in [-0.15, -0.1) is 0 Å². The van der Waals surface area contributed by atoms with Crippen molar-refractivity contribution in [2.45, 2.75) is 102 Å². The molecule has 5 unspecified atom stereocenters. The standard InChI is InChI=1S/C23H42O7/c1-23(2,27-4)29-16-18-17(11-7-5-6-8-12-21(25)26-3)19(24)15-20(18)30-22-13-9-10-14-28-22/h17-20,22,24H,5-16H2,1-4H3. The summed E-state index contributed by atoms with van der Waals surface area (Å²) in [7, 11) is 3.06. The summed E-state index contributed by atoms with van der Waals surface area (Å²) in [4.78, 5) is 11.2. The summed E-state index contributed by atoms with van der Waals surface area (Å²) in [5.74, 6) is -0.580. The Labute approximate surface area is 181 Å². The first kappa shape index (κ1) is 25.5. The molecule has 0 amide bonds. The summed E-state index contributed by atoms with van der Waals surface area (Å²) in [5.41, 5.74) is 0. The first-order valence-electron chi connectivity index (χ1n) is 11.6. The van der Waals surface area contributed by atoms with Gasteiger partial charge in [0, 0.05) is 32.5 Å². The fourth-order valence-corrected chi connectivity index (χ4v) is 4.42. The lowest BCUT2D eigenvalue weighted by Crippen LogP contribution is -2.37. The van der Waals surface area contributed by atoms with Crippen LogP contribution < -0.4 is 0 Å². The number of rotatable bonds is 13. The number of hydrogen-bond acceptors (Lipinski definition) is 7. The molecule has 0 aromatic rings. The Kier molecular flexibility index (Phi) is 11.0. The van der Waals surface area contributed by atoms with Crippen molar-refractivity contribution < 1.29 is 33.6 Å². The third-order valence-corrected chi connectivity index (χ3v) is 6.47. The first-order valence-corrected chi connectivity index (χ1v) is 11.6. The van der Waals surface area contributed by atoms with E-state index in [0.29, 0.717) is 19.4 Å². The molecule has 5 atom stereocenters. The van der Waals surface area contributed by atoms with Gasteiger partial charge in [-0.1, -0.05) is 19.3 Å². The van der Waals surface area contributed by atoms with Crippen LogP contribution in [-0.2, 0) is 28.5 Å². The zero-order valence-corrected chi connectivity index (χ0v) is 19.3. The summed E-state index contributed by atoms with van der Waals surface area (Å²) < 4.78 is 28.2. The number of hydrogen-bond donors (Lipinski definition) is 1. The molecule has 30 heavy (non-hydrogen) atoms. The maximum atomic E-state index is 11.2. The predicted octanol–water partition coefficient (Wildman–Crippen LogP) is 3.81. The first-order chi connectivity index (χ1) is 14.4. The maximum absolute atomic E-state index is 11.2. The minimum absolute atomic E-state index is 0.0694. The summed E-state index contributed by atoms with van der Waals surface area (Å²) >= 11 is 0. The molecule has 0 aromatic carbocycles. The molecule has 2 fully saturated rings. The van der Waals surface area contributed by atoms with Crippen molar-refractivity contribution in [1.82, 2.24) is 0 Å². The Morgan fingerprint density at radius 1 is 1.10 bits per heavy atom. The fraction of sp³-hybridized carbons (Fsp3) is 0.957. The van der Waals surface area contributed by atoms with E-state index in [4.69, 9.17) is 18.9 Å². The zero-order valence-electron chi connectivity index (χ0n) is 19.3. The highest BCUT2D eigenvalue weighted by molar-refractivity contribution is 5.68. The summed E-state index contributed by atoms with van der Waals surface area (Å²) in [5, 5.41) is 10.8. The molecule has 7 nitrogen and oxygen atoms in total. The van der Waals surface area contributed by atoms with E-state index < -0.39 is 11.9 Å². The van der Waals surface area contributed by atoms with E-state index in [1.54, 1.807) is 7.11 Å². The minimum Gasteiger partial charge on any atom is -0.469 e. The quantitative estimate of drug-likeness (QED) is 0.270. The molecule has 1 aliphatic carbocycles. The molecule has 1 heterocycles. The smallest absolute Gasteiger partial charge is 0.305 e. The van der Waals surface area contributed by atoms with Crippen molar-refractivity contribution in [3.8, 4) is 0 Å². The number of methoxy groups -OCH3 is 2. The van der Waals surface area contributed by atoms with Crippen LogP contribution in [0.4, 0.5) is 0 Å². The van der Waals surface area contributed by atoms with E-state index in [2.05, 4.69) is 4.74 Å². The van der Waals surface area contributed by atoms with E-state index in [-0.39, 0.29) is 30.2 Å². The molecule has 1 aliphatic heterocycles. The zero-order chi connectivity index (χ0) is 22.0. The van der Waals surface area contributed by atoms with Gasteiger partial charge in [0.15, 0.2) is 12.1 Å². The highest BCUT2D eigenvalue weighted by Crippen LogP contribution is 2.40. The van der Waals surface area contributed by atoms with Crippen LogP contribution in [0.25, 0.3) is 0 Å². The second-order valence-electron chi connectivity index (χ2n) is 9.05. The maximum Gasteiger partial charge on any atom is 0.305 e. The normalized spacial score (nSPS) is 29.8.